The van der Waals surface area contributed by atoms with Gasteiger partial charge in [-0.05, 0) is 19.4 Å². The third kappa shape index (κ3) is 5.42. The first-order valence-corrected chi connectivity index (χ1v) is 5.43. The van der Waals surface area contributed by atoms with E-state index in [0.29, 0.717) is 4.99 Å². The fourth-order valence-electron chi connectivity index (χ4n) is 1.14. The van der Waals surface area contributed by atoms with E-state index in [2.05, 4.69) is 16.9 Å². The number of rotatable bonds is 4. The molecule has 0 saturated heterocycles. The largest absolute Gasteiger partial charge is 0.307 e. The van der Waals surface area contributed by atoms with Gasteiger partial charge in [0.05, 0.1) is 10.8 Å². The molecule has 0 aromatic heterocycles. The van der Waals surface area contributed by atoms with Crippen LogP contribution in [0.25, 0.3) is 0 Å². The summed E-state index contributed by atoms with van der Waals surface area (Å²) in [7, 11) is 0. The second-order valence-corrected chi connectivity index (χ2v) is 4.13. The first-order valence-electron chi connectivity index (χ1n) is 5.02. The van der Waals surface area contributed by atoms with Crippen LogP contribution in [0.1, 0.15) is 24.2 Å². The SMILES string of the molecule is CC(=S)NN/C=C(\C)C(=O)c1c[c-]cc(F)c1F.[Y]. The second kappa shape index (κ2) is 8.45. The van der Waals surface area contributed by atoms with Crippen molar-refractivity contribution in [2.24, 2.45) is 0 Å². The molecule has 1 rings (SSSR count). The first-order chi connectivity index (χ1) is 8.43. The minimum atomic E-state index is -1.18. The minimum absolute atomic E-state index is 0. The van der Waals surface area contributed by atoms with Gasteiger partial charge in [0, 0.05) is 50.3 Å². The molecule has 0 aliphatic carbocycles. The Kier molecular flexibility index (Phi) is 8.14. The van der Waals surface area contributed by atoms with Crippen LogP contribution in [-0.2, 0) is 32.7 Å². The van der Waals surface area contributed by atoms with Crippen molar-refractivity contribution in [2.75, 3.05) is 0 Å². The van der Waals surface area contributed by atoms with E-state index < -0.39 is 17.4 Å². The molecule has 0 unspecified atom stereocenters. The van der Waals surface area contributed by atoms with Gasteiger partial charge in [-0.3, -0.25) is 9.82 Å². The van der Waals surface area contributed by atoms with E-state index in [0.717, 1.165) is 12.1 Å². The average Bonchev–Trinajstić information content (AvgIpc) is 2.31. The zero-order valence-corrected chi connectivity index (χ0v) is 14.0. The molecule has 0 heterocycles. The molecule has 1 aromatic rings. The van der Waals surface area contributed by atoms with E-state index in [1.165, 1.54) is 13.1 Å². The third-order valence-corrected chi connectivity index (χ3v) is 2.13. The predicted molar refractivity (Wildman–Crippen MR) is 67.8 cm³/mol. The number of halogens is 2. The summed E-state index contributed by atoms with van der Waals surface area (Å²) < 4.78 is 26.3. The number of hydrazine groups is 1. The van der Waals surface area contributed by atoms with Gasteiger partial charge >= 0.3 is 0 Å². The van der Waals surface area contributed by atoms with Crippen molar-refractivity contribution in [2.45, 2.75) is 13.8 Å². The number of thiocarbonyl (C=S) groups is 1. The number of hydrogen-bond donors (Lipinski definition) is 2. The van der Waals surface area contributed by atoms with Crippen LogP contribution in [0.3, 0.4) is 0 Å². The number of ketones is 1. The fourth-order valence-corrected chi connectivity index (χ4v) is 1.20. The second-order valence-electron chi connectivity index (χ2n) is 3.51. The van der Waals surface area contributed by atoms with Crippen LogP contribution >= 0.6 is 12.2 Å². The van der Waals surface area contributed by atoms with Gasteiger partial charge in [0.2, 0.25) is 0 Å². The molecule has 7 heteroatoms. The van der Waals surface area contributed by atoms with Gasteiger partial charge < -0.3 is 10.2 Å². The molecular formula is C12H11F2N2OSY-. The van der Waals surface area contributed by atoms with E-state index in [1.807, 2.05) is 0 Å². The summed E-state index contributed by atoms with van der Waals surface area (Å²) in [5.41, 5.74) is 5.00. The molecule has 3 nitrogen and oxygen atoms in total. The normalized spacial score (nSPS) is 10.4. The third-order valence-electron chi connectivity index (χ3n) is 2.02. The number of nitrogens with one attached hydrogen (secondary N) is 2. The molecule has 0 atom stereocenters. The summed E-state index contributed by atoms with van der Waals surface area (Å²) >= 11 is 4.74. The zero-order valence-electron chi connectivity index (χ0n) is 10.4. The van der Waals surface area contributed by atoms with Crippen LogP contribution in [0.2, 0.25) is 0 Å². The molecule has 0 spiro atoms. The molecule has 0 fully saturated rings. The number of Topliss-reactive ketones (excluding diaryl/α,β-unsaturated/α-hetero) is 1. The standard InChI is InChI=1S/C12H11F2N2OS.Y/c1-7(6-15-16-8(2)18)12(17)9-4-3-5-10(13)11(9)14;/h4-6,15H,1-2H3,(H,16,18);/q-1;/b7-6+;. The summed E-state index contributed by atoms with van der Waals surface area (Å²) in [6.45, 7) is 3.12. The molecule has 19 heavy (non-hydrogen) atoms. The van der Waals surface area contributed by atoms with Gasteiger partial charge in [-0.2, -0.15) is 12.1 Å². The Hall–Kier alpha value is -0.716. The number of carbonyl (C=O) groups excluding carboxylic acids is 1. The van der Waals surface area contributed by atoms with Crippen LogP contribution in [0.5, 0.6) is 0 Å². The average molecular weight is 358 g/mol. The number of benzene rings is 1. The molecule has 1 aromatic carbocycles. The van der Waals surface area contributed by atoms with Crippen LogP contribution in [-0.4, -0.2) is 10.8 Å². The Morgan fingerprint density at radius 1 is 1.37 bits per heavy atom. The molecule has 0 amide bonds. The summed E-state index contributed by atoms with van der Waals surface area (Å²) in [6.07, 6.45) is 1.32. The Bertz CT molecular complexity index is 520. The summed E-state index contributed by atoms with van der Waals surface area (Å²) in [5, 5.41) is 0. The van der Waals surface area contributed by atoms with Crippen LogP contribution in [0, 0.1) is 17.7 Å². The maximum absolute atomic E-state index is 13.4. The van der Waals surface area contributed by atoms with Crippen molar-refractivity contribution in [3.05, 3.63) is 47.2 Å². The number of allylic oxidation sites excluding steroid dienone is 1. The summed E-state index contributed by atoms with van der Waals surface area (Å²) in [6, 6.07) is 4.30. The molecule has 99 valence electrons. The molecular weight excluding hydrogens is 347 g/mol. The molecule has 0 aliphatic rings. The van der Waals surface area contributed by atoms with Gasteiger partial charge in [-0.15, -0.1) is 6.07 Å². The van der Waals surface area contributed by atoms with E-state index in [-0.39, 0.29) is 43.8 Å². The minimum Gasteiger partial charge on any atom is -0.307 e. The van der Waals surface area contributed by atoms with Crippen LogP contribution in [0.15, 0.2) is 23.9 Å². The zero-order chi connectivity index (χ0) is 13.7. The predicted octanol–water partition coefficient (Wildman–Crippen LogP) is 2.29. The van der Waals surface area contributed by atoms with Crippen molar-refractivity contribution in [1.29, 1.82) is 0 Å². The molecule has 0 aliphatic heterocycles. The van der Waals surface area contributed by atoms with Gasteiger partial charge in [0.15, 0.2) is 0 Å². The molecule has 0 saturated carbocycles. The van der Waals surface area contributed by atoms with E-state index in [9.17, 15) is 13.6 Å². The smallest absolute Gasteiger partial charge is 0.138 e. The Balaban J connectivity index is 0.00000324. The van der Waals surface area contributed by atoms with Crippen LogP contribution < -0.4 is 10.9 Å². The monoisotopic (exact) mass is 358 g/mol. The number of carbonyl (C=O) groups is 1. The Morgan fingerprint density at radius 3 is 2.58 bits per heavy atom. The van der Waals surface area contributed by atoms with E-state index in [1.54, 1.807) is 6.92 Å². The topological polar surface area (TPSA) is 41.1 Å². The van der Waals surface area contributed by atoms with Gasteiger partial charge in [-0.1, -0.05) is 12.2 Å². The molecule has 2 N–H and O–H groups in total. The van der Waals surface area contributed by atoms with Crippen molar-refractivity contribution < 1.29 is 46.3 Å². The van der Waals surface area contributed by atoms with Gasteiger partial charge in [0.1, 0.15) is 5.78 Å². The summed E-state index contributed by atoms with van der Waals surface area (Å²) in [4.78, 5) is 12.3. The fraction of sp³-hybridized carbons (Fsp3) is 0.167. The van der Waals surface area contributed by atoms with E-state index >= 15 is 0 Å². The van der Waals surface area contributed by atoms with E-state index in [4.69, 9.17) is 12.2 Å². The van der Waals surface area contributed by atoms with Gasteiger partial charge in [0.25, 0.3) is 0 Å². The maximum atomic E-state index is 13.4. The van der Waals surface area contributed by atoms with Crippen molar-refractivity contribution >= 4 is 23.0 Å². The van der Waals surface area contributed by atoms with Gasteiger partial charge in [-0.25, -0.2) is 4.39 Å². The van der Waals surface area contributed by atoms with Crippen molar-refractivity contribution in [3.63, 3.8) is 0 Å². The maximum Gasteiger partial charge on any atom is 0.138 e. The van der Waals surface area contributed by atoms with Crippen LogP contribution in [0.4, 0.5) is 8.78 Å². The van der Waals surface area contributed by atoms with Crippen molar-refractivity contribution in [1.82, 2.24) is 10.9 Å². The Labute approximate surface area is 140 Å². The molecule has 0 bridgehead atoms. The first kappa shape index (κ1) is 18.3. The quantitative estimate of drug-likeness (QED) is 0.285. The number of hydrogen-bond acceptors (Lipinski definition) is 3. The molecule has 1 radical (unpaired) electrons. The van der Waals surface area contributed by atoms with Crippen molar-refractivity contribution in [3.8, 4) is 0 Å². The summed E-state index contributed by atoms with van der Waals surface area (Å²) in [5.74, 6) is -2.90. The Morgan fingerprint density at radius 2 is 2.00 bits per heavy atom.